The van der Waals surface area contributed by atoms with E-state index in [9.17, 15) is 0 Å². The normalized spacial score (nSPS) is 19.5. The molecule has 0 bridgehead atoms. The van der Waals surface area contributed by atoms with E-state index in [-0.39, 0.29) is 0 Å². The summed E-state index contributed by atoms with van der Waals surface area (Å²) in [6.07, 6.45) is 2.45. The number of nitrogens with zero attached hydrogens (tertiary/aromatic N) is 1. The average molecular weight is 217 g/mol. The number of nitrogens with one attached hydrogen (secondary N) is 2. The second kappa shape index (κ2) is 5.12. The molecule has 1 saturated heterocycles. The first-order valence-corrected chi connectivity index (χ1v) is 6.11. The van der Waals surface area contributed by atoms with Crippen LogP contribution in [0.5, 0.6) is 0 Å². The van der Waals surface area contributed by atoms with Crippen molar-refractivity contribution in [2.75, 3.05) is 6.54 Å². The van der Waals surface area contributed by atoms with E-state index >= 15 is 0 Å². The van der Waals surface area contributed by atoms with Crippen LogP contribution in [-0.4, -0.2) is 16.5 Å². The Morgan fingerprint density at radius 1 is 1.25 bits per heavy atom. The van der Waals surface area contributed by atoms with Crippen LogP contribution in [0.25, 0.3) is 11.0 Å². The highest BCUT2D eigenvalue weighted by atomic mass is 15.0. The molecule has 0 saturated carbocycles. The van der Waals surface area contributed by atoms with Crippen molar-refractivity contribution in [3.63, 3.8) is 0 Å². The van der Waals surface area contributed by atoms with Crippen LogP contribution in [0.1, 0.15) is 38.6 Å². The highest BCUT2D eigenvalue weighted by molar-refractivity contribution is 5.74. The van der Waals surface area contributed by atoms with Gasteiger partial charge in [-0.1, -0.05) is 26.0 Å². The lowest BCUT2D eigenvalue weighted by molar-refractivity contribution is 0.614. The first-order valence-electron chi connectivity index (χ1n) is 6.11. The number of hydrogen-bond donors (Lipinski definition) is 2. The van der Waals surface area contributed by atoms with Gasteiger partial charge in [-0.25, -0.2) is 4.98 Å². The molecule has 16 heavy (non-hydrogen) atoms. The van der Waals surface area contributed by atoms with Gasteiger partial charge >= 0.3 is 0 Å². The van der Waals surface area contributed by atoms with Crippen LogP contribution < -0.4 is 5.32 Å². The molecular formula is C13H19N3. The van der Waals surface area contributed by atoms with Gasteiger partial charge in [0, 0.05) is 0 Å². The van der Waals surface area contributed by atoms with Crippen LogP contribution in [0.15, 0.2) is 24.3 Å². The smallest absolute Gasteiger partial charge is 0.124 e. The van der Waals surface area contributed by atoms with Crippen molar-refractivity contribution in [3.8, 4) is 0 Å². The van der Waals surface area contributed by atoms with Gasteiger partial charge in [0.1, 0.15) is 5.82 Å². The quantitative estimate of drug-likeness (QED) is 0.771. The van der Waals surface area contributed by atoms with E-state index < -0.39 is 0 Å². The van der Waals surface area contributed by atoms with Gasteiger partial charge in [-0.3, -0.25) is 0 Å². The number of rotatable bonds is 1. The van der Waals surface area contributed by atoms with Crippen molar-refractivity contribution < 1.29 is 0 Å². The fourth-order valence-corrected chi connectivity index (χ4v) is 2.06. The zero-order chi connectivity index (χ0) is 11.4. The van der Waals surface area contributed by atoms with E-state index in [1.165, 1.54) is 12.8 Å². The maximum Gasteiger partial charge on any atom is 0.124 e. The van der Waals surface area contributed by atoms with Gasteiger partial charge in [-0.15, -0.1) is 0 Å². The van der Waals surface area contributed by atoms with Gasteiger partial charge in [-0.05, 0) is 31.5 Å². The highest BCUT2D eigenvalue weighted by Crippen LogP contribution is 2.22. The summed E-state index contributed by atoms with van der Waals surface area (Å²) in [4.78, 5) is 7.94. The Hall–Kier alpha value is -1.35. The molecule has 86 valence electrons. The zero-order valence-corrected chi connectivity index (χ0v) is 9.96. The molecule has 1 aliphatic heterocycles. The van der Waals surface area contributed by atoms with Gasteiger partial charge < -0.3 is 10.3 Å². The van der Waals surface area contributed by atoms with Crippen LogP contribution >= 0.6 is 0 Å². The summed E-state index contributed by atoms with van der Waals surface area (Å²) in [6, 6.07) is 8.61. The third kappa shape index (κ3) is 2.09. The molecule has 3 heteroatoms. The molecule has 1 fully saturated rings. The molecule has 0 spiro atoms. The van der Waals surface area contributed by atoms with Crippen molar-refractivity contribution in [1.29, 1.82) is 0 Å². The first-order chi connectivity index (χ1) is 7.93. The van der Waals surface area contributed by atoms with Crippen molar-refractivity contribution in [1.82, 2.24) is 15.3 Å². The number of H-pyrrole nitrogens is 1. The monoisotopic (exact) mass is 217 g/mol. The maximum absolute atomic E-state index is 4.58. The Morgan fingerprint density at radius 2 is 2.06 bits per heavy atom. The van der Waals surface area contributed by atoms with Crippen molar-refractivity contribution in [2.24, 2.45) is 0 Å². The van der Waals surface area contributed by atoms with Crippen LogP contribution in [0, 0.1) is 0 Å². The average Bonchev–Trinajstić information content (AvgIpc) is 3.00. The largest absolute Gasteiger partial charge is 0.341 e. The molecule has 3 rings (SSSR count). The molecule has 2 heterocycles. The zero-order valence-electron chi connectivity index (χ0n) is 9.96. The summed E-state index contributed by atoms with van der Waals surface area (Å²) < 4.78 is 0. The minimum atomic E-state index is 0.433. The number of benzene rings is 1. The van der Waals surface area contributed by atoms with Crippen molar-refractivity contribution in [2.45, 2.75) is 32.7 Å². The molecule has 0 amide bonds. The molecule has 1 unspecified atom stereocenters. The van der Waals surface area contributed by atoms with Crippen LogP contribution in [0.4, 0.5) is 0 Å². The number of aromatic amines is 1. The Bertz CT molecular complexity index is 408. The highest BCUT2D eigenvalue weighted by Gasteiger charge is 2.18. The van der Waals surface area contributed by atoms with Gasteiger partial charge in [0.05, 0.1) is 17.1 Å². The lowest BCUT2D eigenvalue weighted by Crippen LogP contribution is -2.13. The van der Waals surface area contributed by atoms with Gasteiger partial charge in [0.2, 0.25) is 0 Å². The molecule has 2 N–H and O–H groups in total. The Labute approximate surface area is 96.3 Å². The molecule has 1 atom stereocenters. The second-order valence-corrected chi connectivity index (χ2v) is 3.79. The van der Waals surface area contributed by atoms with Crippen LogP contribution in [0.3, 0.4) is 0 Å². The van der Waals surface area contributed by atoms with Crippen LogP contribution in [0.2, 0.25) is 0 Å². The third-order valence-electron chi connectivity index (χ3n) is 2.80. The Balaban J connectivity index is 0.000000457. The van der Waals surface area contributed by atoms with Gasteiger partial charge in [0.25, 0.3) is 0 Å². The van der Waals surface area contributed by atoms with Gasteiger partial charge in [0.15, 0.2) is 0 Å². The van der Waals surface area contributed by atoms with E-state index in [0.717, 1.165) is 23.4 Å². The predicted molar refractivity (Wildman–Crippen MR) is 67.4 cm³/mol. The number of imidazole rings is 1. The van der Waals surface area contributed by atoms with Crippen molar-refractivity contribution >= 4 is 11.0 Å². The molecule has 0 aliphatic carbocycles. The van der Waals surface area contributed by atoms with E-state index in [1.807, 2.05) is 32.0 Å². The summed E-state index contributed by atoms with van der Waals surface area (Å²) in [7, 11) is 0. The maximum atomic E-state index is 4.58. The van der Waals surface area contributed by atoms with Crippen LogP contribution in [-0.2, 0) is 0 Å². The van der Waals surface area contributed by atoms with E-state index in [2.05, 4.69) is 21.4 Å². The minimum Gasteiger partial charge on any atom is -0.341 e. The Kier molecular flexibility index (Phi) is 3.57. The summed E-state index contributed by atoms with van der Waals surface area (Å²) in [5, 5.41) is 3.44. The van der Waals surface area contributed by atoms with Crippen molar-refractivity contribution in [3.05, 3.63) is 30.1 Å². The molecule has 2 aromatic rings. The number of fused-ring (bicyclic) bond motifs is 1. The predicted octanol–water partition coefficient (Wildman–Crippen LogP) is 3.01. The number of hydrogen-bond acceptors (Lipinski definition) is 2. The summed E-state index contributed by atoms with van der Waals surface area (Å²) >= 11 is 0. The fourth-order valence-electron chi connectivity index (χ4n) is 2.06. The molecule has 1 aromatic heterocycles. The van der Waals surface area contributed by atoms with E-state index in [4.69, 9.17) is 0 Å². The first kappa shape index (κ1) is 11.1. The van der Waals surface area contributed by atoms with E-state index in [0.29, 0.717) is 6.04 Å². The molecule has 0 radical (unpaired) electrons. The molecule has 1 aromatic carbocycles. The Morgan fingerprint density at radius 3 is 2.75 bits per heavy atom. The minimum absolute atomic E-state index is 0.433. The second-order valence-electron chi connectivity index (χ2n) is 3.79. The standard InChI is InChI=1S/C11H13N3.C2H6/c1-2-5-9-8(4-1)13-11(14-9)10-6-3-7-12-10;1-2/h1-2,4-5,10,12H,3,6-7H2,(H,13,14);1-2H3. The number of para-hydroxylation sites is 2. The van der Waals surface area contributed by atoms with E-state index in [1.54, 1.807) is 0 Å². The molecule has 1 aliphatic rings. The molecule has 3 nitrogen and oxygen atoms in total. The summed E-state index contributed by atoms with van der Waals surface area (Å²) in [6.45, 7) is 5.11. The topological polar surface area (TPSA) is 40.7 Å². The lowest BCUT2D eigenvalue weighted by atomic mass is 10.2. The summed E-state index contributed by atoms with van der Waals surface area (Å²) in [5.74, 6) is 1.09. The molecular weight excluding hydrogens is 198 g/mol. The lowest BCUT2D eigenvalue weighted by Gasteiger charge is -2.04. The third-order valence-corrected chi connectivity index (χ3v) is 2.80. The SMILES string of the molecule is CC.c1ccc2[nH]c(C3CCCN3)nc2c1. The fraction of sp³-hybridized carbons (Fsp3) is 0.462. The number of aromatic nitrogens is 2. The summed E-state index contributed by atoms with van der Waals surface area (Å²) in [5.41, 5.74) is 2.20. The van der Waals surface area contributed by atoms with Gasteiger partial charge in [-0.2, -0.15) is 0 Å².